The summed E-state index contributed by atoms with van der Waals surface area (Å²) in [5, 5.41) is 3.84. The third-order valence-electron chi connectivity index (χ3n) is 5.12. The van der Waals surface area contributed by atoms with E-state index in [2.05, 4.69) is 58.1 Å². The van der Waals surface area contributed by atoms with Gasteiger partial charge in [-0.15, -0.1) is 0 Å². The quantitative estimate of drug-likeness (QED) is 0.780. The van der Waals surface area contributed by atoms with Crippen LogP contribution in [0.2, 0.25) is 0 Å². The lowest BCUT2D eigenvalue weighted by Gasteiger charge is -2.36. The molecule has 0 heterocycles. The predicted molar refractivity (Wildman–Crippen MR) is 88.1 cm³/mol. The molecule has 1 aromatic rings. The lowest BCUT2D eigenvalue weighted by atomic mass is 9.74. The van der Waals surface area contributed by atoms with Crippen molar-refractivity contribution in [2.75, 3.05) is 6.54 Å². The zero-order chi connectivity index (χ0) is 14.8. The van der Waals surface area contributed by atoms with Gasteiger partial charge in [0.25, 0.3) is 0 Å². The van der Waals surface area contributed by atoms with Crippen molar-refractivity contribution in [1.82, 2.24) is 5.32 Å². The highest BCUT2D eigenvalue weighted by atomic mass is 14.9. The monoisotopic (exact) mass is 273 g/mol. The molecule has 1 N–H and O–H groups in total. The van der Waals surface area contributed by atoms with Gasteiger partial charge in [0.2, 0.25) is 0 Å². The van der Waals surface area contributed by atoms with E-state index in [1.807, 2.05) is 0 Å². The van der Waals surface area contributed by atoms with Crippen molar-refractivity contribution in [2.24, 2.45) is 11.3 Å². The number of hydrogen-bond donors (Lipinski definition) is 1. The molecule has 1 fully saturated rings. The van der Waals surface area contributed by atoms with Crippen molar-refractivity contribution in [3.8, 4) is 0 Å². The molecule has 1 aliphatic carbocycles. The fourth-order valence-corrected chi connectivity index (χ4v) is 3.91. The molecule has 112 valence electrons. The zero-order valence-corrected chi connectivity index (χ0v) is 13.9. The van der Waals surface area contributed by atoms with E-state index in [9.17, 15) is 0 Å². The summed E-state index contributed by atoms with van der Waals surface area (Å²) in [6, 6.07) is 7.47. The van der Waals surface area contributed by atoms with E-state index in [1.54, 1.807) is 0 Å². The number of rotatable bonds is 5. The van der Waals surface area contributed by atoms with E-state index in [-0.39, 0.29) is 0 Å². The van der Waals surface area contributed by atoms with Crippen LogP contribution in [0.15, 0.2) is 18.2 Å². The van der Waals surface area contributed by atoms with Gasteiger partial charge in [0.05, 0.1) is 0 Å². The summed E-state index contributed by atoms with van der Waals surface area (Å²) >= 11 is 0. The Balaban J connectivity index is 2.31. The minimum Gasteiger partial charge on any atom is -0.310 e. The van der Waals surface area contributed by atoms with E-state index in [0.717, 1.165) is 12.5 Å². The molecule has 20 heavy (non-hydrogen) atoms. The molecule has 0 aliphatic heterocycles. The van der Waals surface area contributed by atoms with E-state index >= 15 is 0 Å². The molecule has 1 aliphatic rings. The molecule has 0 aromatic heterocycles. The lowest BCUT2D eigenvalue weighted by Crippen LogP contribution is -2.34. The second-order valence-corrected chi connectivity index (χ2v) is 7.28. The second kappa shape index (κ2) is 6.30. The van der Waals surface area contributed by atoms with Crippen molar-refractivity contribution in [3.63, 3.8) is 0 Å². The van der Waals surface area contributed by atoms with E-state index < -0.39 is 0 Å². The van der Waals surface area contributed by atoms with Crippen molar-refractivity contribution in [3.05, 3.63) is 34.9 Å². The van der Waals surface area contributed by atoms with Crippen LogP contribution in [-0.4, -0.2) is 6.54 Å². The van der Waals surface area contributed by atoms with Crippen LogP contribution < -0.4 is 5.32 Å². The van der Waals surface area contributed by atoms with Gasteiger partial charge in [0, 0.05) is 6.04 Å². The summed E-state index contributed by atoms with van der Waals surface area (Å²) in [4.78, 5) is 0. The first-order chi connectivity index (χ1) is 9.45. The molecular weight excluding hydrogens is 242 g/mol. The topological polar surface area (TPSA) is 12.0 Å². The van der Waals surface area contributed by atoms with E-state index in [1.165, 1.54) is 42.4 Å². The third kappa shape index (κ3) is 3.25. The summed E-state index contributed by atoms with van der Waals surface area (Å²) in [5.74, 6) is 0.760. The highest BCUT2D eigenvalue weighted by Crippen LogP contribution is 2.49. The Labute approximate surface area is 125 Å². The standard InChI is InChI=1S/C19H31N/c1-6-12-20-18(17-8-7-11-19(17,4)5)16-10-9-14(2)13-15(16)3/h9-10,13,17-18,20H,6-8,11-12H2,1-5H3. The molecule has 0 spiro atoms. The van der Waals surface area contributed by atoms with Crippen LogP contribution in [0.25, 0.3) is 0 Å². The summed E-state index contributed by atoms with van der Waals surface area (Å²) in [5.41, 5.74) is 4.79. The molecule has 1 aromatic carbocycles. The van der Waals surface area contributed by atoms with Crippen molar-refractivity contribution >= 4 is 0 Å². The van der Waals surface area contributed by atoms with Gasteiger partial charge in [-0.25, -0.2) is 0 Å². The van der Waals surface area contributed by atoms with Crippen LogP contribution in [0.5, 0.6) is 0 Å². The first kappa shape index (κ1) is 15.6. The first-order valence-electron chi connectivity index (χ1n) is 8.26. The average molecular weight is 273 g/mol. The Morgan fingerprint density at radius 3 is 2.60 bits per heavy atom. The van der Waals surface area contributed by atoms with Gasteiger partial charge >= 0.3 is 0 Å². The Hall–Kier alpha value is -0.820. The van der Waals surface area contributed by atoms with Crippen molar-refractivity contribution in [1.29, 1.82) is 0 Å². The maximum Gasteiger partial charge on any atom is 0.0356 e. The highest BCUT2D eigenvalue weighted by Gasteiger charge is 2.40. The molecular formula is C19H31N. The van der Waals surface area contributed by atoms with Crippen molar-refractivity contribution in [2.45, 2.75) is 66.3 Å². The number of nitrogens with one attached hydrogen (secondary N) is 1. The third-order valence-corrected chi connectivity index (χ3v) is 5.12. The minimum atomic E-state index is 0.461. The van der Waals surface area contributed by atoms with E-state index in [4.69, 9.17) is 0 Å². The van der Waals surface area contributed by atoms with Gasteiger partial charge in [-0.3, -0.25) is 0 Å². The van der Waals surface area contributed by atoms with Gasteiger partial charge < -0.3 is 5.32 Å². The van der Waals surface area contributed by atoms with Crippen molar-refractivity contribution < 1.29 is 0 Å². The molecule has 0 bridgehead atoms. The molecule has 0 amide bonds. The Morgan fingerprint density at radius 2 is 2.05 bits per heavy atom. The normalized spacial score (nSPS) is 22.9. The Morgan fingerprint density at radius 1 is 1.30 bits per heavy atom. The number of aryl methyl sites for hydroxylation is 2. The Bertz CT molecular complexity index is 447. The number of hydrogen-bond acceptors (Lipinski definition) is 1. The first-order valence-corrected chi connectivity index (χ1v) is 8.26. The van der Waals surface area contributed by atoms with Gasteiger partial charge in [0.15, 0.2) is 0 Å². The van der Waals surface area contributed by atoms with Crippen LogP contribution in [0, 0.1) is 25.2 Å². The molecule has 0 radical (unpaired) electrons. The number of benzene rings is 1. The summed E-state index contributed by atoms with van der Waals surface area (Å²) < 4.78 is 0. The van der Waals surface area contributed by atoms with Gasteiger partial charge in [0.1, 0.15) is 0 Å². The molecule has 2 atom stereocenters. The van der Waals surface area contributed by atoms with Gasteiger partial charge in [-0.05, 0) is 62.1 Å². The summed E-state index contributed by atoms with van der Waals surface area (Å²) in [6.45, 7) is 12.7. The van der Waals surface area contributed by atoms with Gasteiger partial charge in [-0.2, -0.15) is 0 Å². The maximum atomic E-state index is 3.84. The van der Waals surface area contributed by atoms with Crippen LogP contribution >= 0.6 is 0 Å². The predicted octanol–water partition coefficient (Wildman–Crippen LogP) is 5.17. The maximum absolute atomic E-state index is 3.84. The van der Waals surface area contributed by atoms with Gasteiger partial charge in [-0.1, -0.05) is 51.0 Å². The molecule has 1 nitrogen and oxygen atoms in total. The average Bonchev–Trinajstić information content (AvgIpc) is 2.72. The van der Waals surface area contributed by atoms with Crippen LogP contribution in [-0.2, 0) is 0 Å². The molecule has 1 heteroatoms. The molecule has 0 saturated heterocycles. The molecule has 2 rings (SSSR count). The van der Waals surface area contributed by atoms with Crippen LogP contribution in [0.3, 0.4) is 0 Å². The summed E-state index contributed by atoms with van der Waals surface area (Å²) in [6.07, 6.45) is 5.32. The fraction of sp³-hybridized carbons (Fsp3) is 0.684. The zero-order valence-electron chi connectivity index (χ0n) is 13.9. The van der Waals surface area contributed by atoms with Crippen LogP contribution in [0.4, 0.5) is 0 Å². The highest BCUT2D eigenvalue weighted by molar-refractivity contribution is 5.33. The minimum absolute atomic E-state index is 0.461. The second-order valence-electron chi connectivity index (χ2n) is 7.28. The van der Waals surface area contributed by atoms with Crippen LogP contribution in [0.1, 0.15) is 69.2 Å². The Kier molecular flexibility index (Phi) is 4.90. The largest absolute Gasteiger partial charge is 0.310 e. The smallest absolute Gasteiger partial charge is 0.0356 e. The summed E-state index contributed by atoms with van der Waals surface area (Å²) in [7, 11) is 0. The fourth-order valence-electron chi connectivity index (χ4n) is 3.91. The molecule has 2 unspecified atom stereocenters. The molecule has 1 saturated carbocycles. The lowest BCUT2D eigenvalue weighted by molar-refractivity contribution is 0.197. The van der Waals surface area contributed by atoms with E-state index in [0.29, 0.717) is 11.5 Å². The SMILES string of the molecule is CCCNC(c1ccc(C)cc1C)C1CCCC1(C)C.